The van der Waals surface area contributed by atoms with E-state index in [0.29, 0.717) is 11.1 Å². The van der Waals surface area contributed by atoms with Gasteiger partial charge < -0.3 is 4.57 Å². The van der Waals surface area contributed by atoms with Gasteiger partial charge in [0.2, 0.25) is 0 Å². The summed E-state index contributed by atoms with van der Waals surface area (Å²) >= 11 is 8.48. The van der Waals surface area contributed by atoms with Gasteiger partial charge in [-0.15, -0.1) is 11.3 Å². The highest BCUT2D eigenvalue weighted by molar-refractivity contribution is 9.13. The third kappa shape index (κ3) is 3.26. The lowest BCUT2D eigenvalue weighted by molar-refractivity contribution is 0.0990. The minimum Gasteiger partial charge on any atom is -0.326 e. The van der Waals surface area contributed by atoms with Crippen LogP contribution in [0.2, 0.25) is 0 Å². The number of hydrogen-bond acceptors (Lipinski definition) is 4. The third-order valence-electron chi connectivity index (χ3n) is 5.91. The second-order valence-electron chi connectivity index (χ2n) is 7.93. The third-order valence-corrected chi connectivity index (χ3v) is 8.72. The van der Waals surface area contributed by atoms with Gasteiger partial charge in [0.15, 0.2) is 11.6 Å². The van der Waals surface area contributed by atoms with Crippen LogP contribution < -0.4 is 0 Å². The Morgan fingerprint density at radius 1 is 0.879 bits per heavy atom. The summed E-state index contributed by atoms with van der Waals surface area (Å²) in [6.45, 7) is 0. The van der Waals surface area contributed by atoms with Crippen molar-refractivity contribution < 1.29 is 9.59 Å². The molecule has 0 saturated carbocycles. The highest BCUT2D eigenvalue weighted by atomic mass is 79.9. The number of fused-ring (bicyclic) bond motifs is 3. The van der Waals surface area contributed by atoms with Crippen molar-refractivity contribution >= 4 is 82.0 Å². The SMILES string of the molecule is Cn1c(-c2ccccc2)nc2sc(C=C3C(=O)c4cc5cc(Br)c(Br)cc5cc4C3=O)cc21. The van der Waals surface area contributed by atoms with Crippen molar-refractivity contribution in [1.82, 2.24) is 9.55 Å². The average molecular weight is 578 g/mol. The highest BCUT2D eigenvalue weighted by Crippen LogP contribution is 2.37. The zero-order chi connectivity index (χ0) is 22.9. The number of carbonyl (C=O) groups is 2. The lowest BCUT2D eigenvalue weighted by Gasteiger charge is -2.04. The topological polar surface area (TPSA) is 52.0 Å². The summed E-state index contributed by atoms with van der Waals surface area (Å²) < 4.78 is 3.84. The number of halogens is 2. The summed E-state index contributed by atoms with van der Waals surface area (Å²) in [5, 5.41) is 1.82. The largest absolute Gasteiger partial charge is 0.326 e. The first-order valence-corrected chi connectivity index (χ1v) is 12.6. The Labute approximate surface area is 209 Å². The Balaban J connectivity index is 1.42. The minimum absolute atomic E-state index is 0.202. The van der Waals surface area contributed by atoms with Gasteiger partial charge >= 0.3 is 0 Å². The molecular formula is C26H14Br2N2O2S. The van der Waals surface area contributed by atoms with Crippen LogP contribution >= 0.6 is 43.2 Å². The molecule has 2 heterocycles. The molecule has 33 heavy (non-hydrogen) atoms. The number of benzene rings is 3. The van der Waals surface area contributed by atoms with Crippen molar-refractivity contribution in [1.29, 1.82) is 0 Å². The molecule has 0 atom stereocenters. The van der Waals surface area contributed by atoms with Gasteiger partial charge in [-0.05, 0) is 79.0 Å². The quantitative estimate of drug-likeness (QED) is 0.162. The molecule has 3 aromatic carbocycles. The van der Waals surface area contributed by atoms with E-state index in [9.17, 15) is 9.59 Å². The van der Waals surface area contributed by atoms with E-state index < -0.39 is 0 Å². The molecule has 7 heteroatoms. The number of aromatic nitrogens is 2. The van der Waals surface area contributed by atoms with Crippen molar-refractivity contribution in [3.05, 3.63) is 91.2 Å². The molecule has 1 aliphatic rings. The molecule has 0 N–H and O–H groups in total. The van der Waals surface area contributed by atoms with Crippen molar-refractivity contribution in [3.63, 3.8) is 0 Å². The maximum absolute atomic E-state index is 13.1. The van der Waals surface area contributed by atoms with Gasteiger partial charge in [0.05, 0.1) is 11.1 Å². The van der Waals surface area contributed by atoms with Gasteiger partial charge in [-0.3, -0.25) is 9.59 Å². The van der Waals surface area contributed by atoms with E-state index >= 15 is 0 Å². The Hall–Kier alpha value is -2.87. The number of nitrogens with zero attached hydrogens (tertiary/aromatic N) is 2. The molecule has 6 rings (SSSR count). The van der Waals surface area contributed by atoms with Crippen LogP contribution in [0.3, 0.4) is 0 Å². The number of carbonyl (C=O) groups excluding carboxylic acids is 2. The van der Waals surface area contributed by atoms with Crippen LogP contribution in [0.25, 0.3) is 38.6 Å². The first-order chi connectivity index (χ1) is 15.9. The summed E-state index contributed by atoms with van der Waals surface area (Å²) in [5.74, 6) is 0.429. The second kappa shape index (κ2) is 7.58. The number of allylic oxidation sites excluding steroid dienone is 1. The second-order valence-corrected chi connectivity index (χ2v) is 10.7. The Morgan fingerprint density at radius 3 is 2.06 bits per heavy atom. The summed E-state index contributed by atoms with van der Waals surface area (Å²) in [6.07, 6.45) is 1.70. The lowest BCUT2D eigenvalue weighted by Crippen LogP contribution is -1.99. The molecule has 2 aromatic heterocycles. The van der Waals surface area contributed by atoms with E-state index in [2.05, 4.69) is 31.9 Å². The van der Waals surface area contributed by atoms with Crippen LogP contribution in [-0.2, 0) is 7.05 Å². The number of ketones is 2. The fourth-order valence-corrected chi connectivity index (χ4v) is 5.97. The minimum atomic E-state index is -0.230. The molecule has 0 bridgehead atoms. The predicted molar refractivity (Wildman–Crippen MR) is 140 cm³/mol. The van der Waals surface area contributed by atoms with Crippen molar-refractivity contribution in [3.8, 4) is 11.4 Å². The Bertz CT molecular complexity index is 1620. The fraction of sp³-hybridized carbons (Fsp3) is 0.0385. The molecule has 4 nitrogen and oxygen atoms in total. The monoisotopic (exact) mass is 576 g/mol. The van der Waals surface area contributed by atoms with Crippen LogP contribution in [0.5, 0.6) is 0 Å². The van der Waals surface area contributed by atoms with E-state index in [1.807, 2.05) is 72.3 Å². The fourth-order valence-electron chi connectivity index (χ4n) is 4.25. The average Bonchev–Trinajstić information content (AvgIpc) is 3.42. The predicted octanol–water partition coefficient (Wildman–Crippen LogP) is 7.44. The van der Waals surface area contributed by atoms with Crippen molar-refractivity contribution in [2.75, 3.05) is 0 Å². The van der Waals surface area contributed by atoms with Gasteiger partial charge in [-0.2, -0.15) is 0 Å². The molecule has 0 saturated heterocycles. The summed E-state index contributed by atoms with van der Waals surface area (Å²) in [7, 11) is 1.98. The molecular weight excluding hydrogens is 564 g/mol. The Morgan fingerprint density at radius 2 is 1.48 bits per heavy atom. The number of rotatable bonds is 2. The van der Waals surface area contributed by atoms with E-state index in [-0.39, 0.29) is 17.1 Å². The highest BCUT2D eigenvalue weighted by Gasteiger charge is 2.33. The standard InChI is InChI=1S/C26H14Br2N2O2S/c1-30-22-12-16(33-26(22)29-25(30)13-5-3-2-4-6-13)11-19-23(31)17-7-14-9-20(27)21(28)10-15(14)8-18(17)24(19)32/h2-12H,1H3. The van der Waals surface area contributed by atoms with Crippen molar-refractivity contribution in [2.45, 2.75) is 0 Å². The molecule has 1 aliphatic carbocycles. The molecule has 0 fully saturated rings. The molecule has 160 valence electrons. The van der Waals surface area contributed by atoms with E-state index in [4.69, 9.17) is 4.98 Å². The molecule has 0 amide bonds. The van der Waals surface area contributed by atoms with Crippen LogP contribution in [-0.4, -0.2) is 21.1 Å². The van der Waals surface area contributed by atoms with Crippen LogP contribution in [0.15, 0.2) is 75.2 Å². The maximum atomic E-state index is 13.1. The first-order valence-electron chi connectivity index (χ1n) is 10.2. The molecule has 0 spiro atoms. The summed E-state index contributed by atoms with van der Waals surface area (Å²) in [6, 6.07) is 19.5. The van der Waals surface area contributed by atoms with Crippen LogP contribution in [0, 0.1) is 0 Å². The molecule has 0 unspecified atom stereocenters. The smallest absolute Gasteiger partial charge is 0.197 e. The molecule has 0 radical (unpaired) electrons. The zero-order valence-electron chi connectivity index (χ0n) is 17.2. The number of hydrogen-bond donors (Lipinski definition) is 0. The number of thiophene rings is 1. The van der Waals surface area contributed by atoms with Gasteiger partial charge in [0, 0.05) is 37.6 Å². The van der Waals surface area contributed by atoms with E-state index in [1.165, 1.54) is 11.3 Å². The first kappa shape index (κ1) is 20.7. The van der Waals surface area contributed by atoms with Crippen LogP contribution in [0.4, 0.5) is 0 Å². The van der Waals surface area contributed by atoms with E-state index in [0.717, 1.165) is 46.3 Å². The normalized spacial score (nSPS) is 13.4. The Kier molecular flexibility index (Phi) is 4.76. The zero-order valence-corrected chi connectivity index (χ0v) is 21.2. The van der Waals surface area contributed by atoms with Gasteiger partial charge in [-0.25, -0.2) is 4.98 Å². The van der Waals surface area contributed by atoms with Gasteiger partial charge in [0.25, 0.3) is 0 Å². The maximum Gasteiger partial charge on any atom is 0.197 e. The summed E-state index contributed by atoms with van der Waals surface area (Å²) in [5.41, 5.74) is 3.14. The van der Waals surface area contributed by atoms with E-state index in [1.54, 1.807) is 6.08 Å². The lowest BCUT2D eigenvalue weighted by atomic mass is 10.0. The van der Waals surface area contributed by atoms with Crippen LogP contribution in [0.1, 0.15) is 25.6 Å². The summed E-state index contributed by atoms with van der Waals surface area (Å²) in [4.78, 5) is 32.8. The van der Waals surface area contributed by atoms with Crippen molar-refractivity contribution in [2.24, 2.45) is 7.05 Å². The molecule has 0 aliphatic heterocycles. The van der Waals surface area contributed by atoms with Gasteiger partial charge in [0.1, 0.15) is 10.7 Å². The van der Waals surface area contributed by atoms with Gasteiger partial charge in [-0.1, -0.05) is 30.3 Å². The number of Topliss-reactive ketones (excluding diaryl/α,β-unsaturated/α-hetero) is 2. The number of imidazole rings is 1. The molecule has 5 aromatic rings. The number of aryl methyl sites for hydroxylation is 1.